The number of rotatable bonds is 7. The highest BCUT2D eigenvalue weighted by Crippen LogP contribution is 2.19. The van der Waals surface area contributed by atoms with Crippen molar-refractivity contribution in [3.63, 3.8) is 0 Å². The minimum absolute atomic E-state index is 0.0411. The molecule has 9 nitrogen and oxygen atoms in total. The molecular formula is C15H21N5O4. The van der Waals surface area contributed by atoms with Crippen LogP contribution >= 0.6 is 0 Å². The number of aromatic nitrogens is 5. The lowest BCUT2D eigenvalue weighted by Gasteiger charge is -2.05. The number of carbonyl (C=O) groups excluding carboxylic acids is 2. The fourth-order valence-electron chi connectivity index (χ4n) is 2.37. The summed E-state index contributed by atoms with van der Waals surface area (Å²) in [5.74, 6) is -0.592. The van der Waals surface area contributed by atoms with Crippen LogP contribution < -0.4 is 0 Å². The first-order chi connectivity index (χ1) is 11.5. The van der Waals surface area contributed by atoms with Gasteiger partial charge in [0.2, 0.25) is 0 Å². The van der Waals surface area contributed by atoms with Crippen molar-refractivity contribution in [1.29, 1.82) is 0 Å². The third-order valence-corrected chi connectivity index (χ3v) is 3.69. The van der Waals surface area contributed by atoms with Crippen LogP contribution in [0.3, 0.4) is 0 Å². The van der Waals surface area contributed by atoms with E-state index in [4.69, 9.17) is 9.47 Å². The standard InChI is InChI=1S/C15H21N5O4/c1-5-6-7-20-11(17-18-19-20)8-24-15(22)13-9(2)12(10(3)16-13)14(21)23-4/h16H,5-8H2,1-4H3. The van der Waals surface area contributed by atoms with Crippen LogP contribution in [0.15, 0.2) is 0 Å². The number of hydrogen-bond donors (Lipinski definition) is 1. The van der Waals surface area contributed by atoms with Crippen molar-refractivity contribution in [2.45, 2.75) is 46.8 Å². The number of methoxy groups -OCH3 is 1. The summed E-state index contributed by atoms with van der Waals surface area (Å²) in [5.41, 5.74) is 1.62. The summed E-state index contributed by atoms with van der Waals surface area (Å²) in [6.45, 7) is 6.06. The summed E-state index contributed by atoms with van der Waals surface area (Å²) in [5, 5.41) is 11.3. The summed E-state index contributed by atoms with van der Waals surface area (Å²) >= 11 is 0. The Hall–Kier alpha value is -2.71. The monoisotopic (exact) mass is 335 g/mol. The number of tetrazole rings is 1. The number of nitrogens with one attached hydrogen (secondary N) is 1. The third kappa shape index (κ3) is 3.61. The molecule has 0 saturated carbocycles. The van der Waals surface area contributed by atoms with Gasteiger partial charge in [0.25, 0.3) is 0 Å². The van der Waals surface area contributed by atoms with E-state index in [0.29, 0.717) is 29.2 Å². The van der Waals surface area contributed by atoms with Crippen LogP contribution in [0.25, 0.3) is 0 Å². The molecular weight excluding hydrogens is 314 g/mol. The number of H-pyrrole nitrogens is 1. The normalized spacial score (nSPS) is 10.7. The van der Waals surface area contributed by atoms with E-state index in [1.807, 2.05) is 0 Å². The van der Waals surface area contributed by atoms with Gasteiger partial charge in [-0.3, -0.25) is 0 Å². The number of esters is 2. The van der Waals surface area contributed by atoms with E-state index in [9.17, 15) is 9.59 Å². The highest BCUT2D eigenvalue weighted by molar-refractivity contribution is 5.98. The second-order valence-corrected chi connectivity index (χ2v) is 5.36. The average molecular weight is 335 g/mol. The lowest BCUT2D eigenvalue weighted by molar-refractivity contribution is 0.0449. The number of hydrogen-bond acceptors (Lipinski definition) is 7. The fraction of sp³-hybridized carbons (Fsp3) is 0.533. The molecule has 24 heavy (non-hydrogen) atoms. The molecule has 2 aromatic heterocycles. The van der Waals surface area contributed by atoms with Crippen molar-refractivity contribution in [3.05, 3.63) is 28.3 Å². The van der Waals surface area contributed by atoms with Gasteiger partial charge in [-0.1, -0.05) is 13.3 Å². The summed E-state index contributed by atoms with van der Waals surface area (Å²) in [7, 11) is 1.29. The van der Waals surface area contributed by atoms with Gasteiger partial charge in [-0.15, -0.1) is 5.10 Å². The summed E-state index contributed by atoms with van der Waals surface area (Å²) in [4.78, 5) is 26.9. The molecule has 2 aromatic rings. The second-order valence-electron chi connectivity index (χ2n) is 5.36. The van der Waals surface area contributed by atoms with Gasteiger partial charge in [0.15, 0.2) is 12.4 Å². The molecule has 0 aliphatic carbocycles. The van der Waals surface area contributed by atoms with E-state index in [0.717, 1.165) is 12.8 Å². The molecule has 9 heteroatoms. The molecule has 1 N–H and O–H groups in total. The maximum Gasteiger partial charge on any atom is 0.355 e. The number of carbonyl (C=O) groups is 2. The van der Waals surface area contributed by atoms with Crippen LogP contribution in [0, 0.1) is 13.8 Å². The Balaban J connectivity index is 2.09. The predicted octanol–water partition coefficient (Wildman–Crippen LogP) is 1.56. The molecule has 0 fully saturated rings. The van der Waals surface area contributed by atoms with Crippen molar-refractivity contribution < 1.29 is 19.1 Å². The van der Waals surface area contributed by atoms with Crippen LogP contribution in [0.2, 0.25) is 0 Å². The van der Waals surface area contributed by atoms with Crippen LogP contribution in [-0.2, 0) is 22.6 Å². The maximum absolute atomic E-state index is 12.3. The minimum Gasteiger partial charge on any atom is -0.465 e. The third-order valence-electron chi connectivity index (χ3n) is 3.69. The number of unbranched alkanes of at least 4 members (excludes halogenated alkanes) is 1. The molecule has 2 heterocycles. The van der Waals surface area contributed by atoms with Gasteiger partial charge in [0.05, 0.1) is 12.7 Å². The zero-order valence-electron chi connectivity index (χ0n) is 14.3. The van der Waals surface area contributed by atoms with Crippen molar-refractivity contribution in [1.82, 2.24) is 25.2 Å². The zero-order chi connectivity index (χ0) is 17.7. The topological polar surface area (TPSA) is 112 Å². The number of aryl methyl sites for hydroxylation is 2. The smallest absolute Gasteiger partial charge is 0.355 e. The minimum atomic E-state index is -0.573. The largest absolute Gasteiger partial charge is 0.465 e. The molecule has 0 aromatic carbocycles. The first-order valence-corrected chi connectivity index (χ1v) is 7.69. The molecule has 130 valence electrons. The number of nitrogens with zero attached hydrogens (tertiary/aromatic N) is 4. The van der Waals surface area contributed by atoms with Crippen LogP contribution in [-0.4, -0.2) is 44.2 Å². The van der Waals surface area contributed by atoms with E-state index in [2.05, 4.69) is 27.4 Å². The highest BCUT2D eigenvalue weighted by atomic mass is 16.5. The molecule has 0 unspecified atom stereocenters. The molecule has 0 radical (unpaired) electrons. The average Bonchev–Trinajstić information content (AvgIpc) is 3.14. The van der Waals surface area contributed by atoms with Crippen LogP contribution in [0.4, 0.5) is 0 Å². The molecule has 2 rings (SSSR count). The Morgan fingerprint density at radius 2 is 2.00 bits per heavy atom. The fourth-order valence-corrected chi connectivity index (χ4v) is 2.37. The predicted molar refractivity (Wildman–Crippen MR) is 83.5 cm³/mol. The summed E-state index contributed by atoms with van der Waals surface area (Å²) in [6, 6.07) is 0. The van der Waals surface area contributed by atoms with Gasteiger partial charge in [-0.2, -0.15) is 0 Å². The Labute approximate surface area is 139 Å². The highest BCUT2D eigenvalue weighted by Gasteiger charge is 2.23. The molecule has 0 aliphatic heterocycles. The molecule has 0 amide bonds. The Bertz CT molecular complexity index is 734. The molecule has 0 aliphatic rings. The second kappa shape index (κ2) is 7.71. The lowest BCUT2D eigenvalue weighted by Crippen LogP contribution is -2.12. The SMILES string of the molecule is CCCCn1nnnc1COC(=O)c1[nH]c(C)c(C(=O)OC)c1C. The van der Waals surface area contributed by atoms with E-state index in [-0.39, 0.29) is 12.3 Å². The molecule has 0 bridgehead atoms. The van der Waals surface area contributed by atoms with Crippen LogP contribution in [0.5, 0.6) is 0 Å². The van der Waals surface area contributed by atoms with Gasteiger partial charge in [-0.25, -0.2) is 14.3 Å². The lowest BCUT2D eigenvalue weighted by atomic mass is 10.1. The van der Waals surface area contributed by atoms with Crippen molar-refractivity contribution >= 4 is 11.9 Å². The first kappa shape index (κ1) is 17.6. The van der Waals surface area contributed by atoms with Gasteiger partial charge >= 0.3 is 11.9 Å². The van der Waals surface area contributed by atoms with E-state index in [1.165, 1.54) is 7.11 Å². The van der Waals surface area contributed by atoms with Gasteiger partial charge in [-0.05, 0) is 36.3 Å². The van der Waals surface area contributed by atoms with Crippen molar-refractivity contribution in [2.75, 3.05) is 7.11 Å². The summed E-state index contributed by atoms with van der Waals surface area (Å²) in [6.07, 6.45) is 1.94. The van der Waals surface area contributed by atoms with Crippen molar-refractivity contribution in [2.24, 2.45) is 0 Å². The number of ether oxygens (including phenoxy) is 2. The Morgan fingerprint density at radius 1 is 1.25 bits per heavy atom. The molecule has 0 spiro atoms. The Morgan fingerprint density at radius 3 is 2.67 bits per heavy atom. The molecule has 0 saturated heterocycles. The zero-order valence-corrected chi connectivity index (χ0v) is 14.3. The first-order valence-electron chi connectivity index (χ1n) is 7.69. The van der Waals surface area contributed by atoms with Crippen LogP contribution in [0.1, 0.15) is 57.7 Å². The van der Waals surface area contributed by atoms with E-state index in [1.54, 1.807) is 18.5 Å². The maximum atomic E-state index is 12.3. The molecule has 0 atom stereocenters. The summed E-state index contributed by atoms with van der Waals surface area (Å²) < 4.78 is 11.6. The van der Waals surface area contributed by atoms with E-state index < -0.39 is 11.9 Å². The quantitative estimate of drug-likeness (QED) is 0.764. The Kier molecular flexibility index (Phi) is 5.67. The van der Waals surface area contributed by atoms with Gasteiger partial charge in [0.1, 0.15) is 5.69 Å². The van der Waals surface area contributed by atoms with Gasteiger partial charge < -0.3 is 14.5 Å². The van der Waals surface area contributed by atoms with Crippen molar-refractivity contribution in [3.8, 4) is 0 Å². The van der Waals surface area contributed by atoms with E-state index >= 15 is 0 Å². The number of aromatic amines is 1. The van der Waals surface area contributed by atoms with Gasteiger partial charge in [0, 0.05) is 12.2 Å².